The summed E-state index contributed by atoms with van der Waals surface area (Å²) in [4.78, 5) is 38.4. The Morgan fingerprint density at radius 3 is 0.654 bits per heavy atom. The fourth-order valence-electron chi connectivity index (χ4n) is 11.7. The van der Waals surface area contributed by atoms with E-state index in [1.54, 1.807) is 0 Å². The molecule has 0 N–H and O–H groups in total. The molecule has 0 aromatic rings. The van der Waals surface area contributed by atoms with Crippen molar-refractivity contribution in [3.05, 3.63) is 12.2 Å². The van der Waals surface area contributed by atoms with Crippen molar-refractivity contribution in [1.82, 2.24) is 0 Å². The predicted molar refractivity (Wildman–Crippen MR) is 353 cm³/mol. The van der Waals surface area contributed by atoms with E-state index in [1.165, 1.54) is 327 Å². The van der Waals surface area contributed by atoms with Gasteiger partial charge in [0.1, 0.15) is 13.2 Å². The van der Waals surface area contributed by atoms with Gasteiger partial charge in [-0.2, -0.15) is 0 Å². The fourth-order valence-corrected chi connectivity index (χ4v) is 11.7. The highest BCUT2D eigenvalue weighted by molar-refractivity contribution is 5.71. The quantitative estimate of drug-likeness (QED) is 0.0261. The molecule has 0 rings (SSSR count). The van der Waals surface area contributed by atoms with E-state index in [2.05, 4.69) is 32.9 Å². The third-order valence-corrected chi connectivity index (χ3v) is 17.3. The Bertz CT molecular complexity index is 1260. The van der Waals surface area contributed by atoms with Crippen molar-refractivity contribution in [1.29, 1.82) is 0 Å². The van der Waals surface area contributed by atoms with Crippen LogP contribution in [0.3, 0.4) is 0 Å². The zero-order chi connectivity index (χ0) is 58.5. The lowest BCUT2D eigenvalue weighted by molar-refractivity contribution is -0.167. The summed E-state index contributed by atoms with van der Waals surface area (Å²) in [6, 6.07) is 0. The number of esters is 3. The van der Waals surface area contributed by atoms with Crippen LogP contribution in [0.25, 0.3) is 0 Å². The van der Waals surface area contributed by atoms with Crippen LogP contribution in [0.1, 0.15) is 432 Å². The van der Waals surface area contributed by atoms with E-state index in [4.69, 9.17) is 14.2 Å². The molecule has 1 atom stereocenters. The van der Waals surface area contributed by atoms with Gasteiger partial charge in [0.2, 0.25) is 0 Å². The van der Waals surface area contributed by atoms with E-state index in [0.717, 1.165) is 64.2 Å². The highest BCUT2D eigenvalue weighted by atomic mass is 16.6. The lowest BCUT2D eigenvalue weighted by Gasteiger charge is -2.18. The van der Waals surface area contributed by atoms with E-state index < -0.39 is 6.10 Å². The molecule has 0 aromatic carbocycles. The molecule has 480 valence electrons. The number of hydrogen-bond donors (Lipinski definition) is 0. The van der Waals surface area contributed by atoms with Crippen LogP contribution in [0.4, 0.5) is 0 Å². The van der Waals surface area contributed by atoms with Crippen LogP contribution < -0.4 is 0 Å². The van der Waals surface area contributed by atoms with E-state index in [1.807, 2.05) is 0 Å². The van der Waals surface area contributed by atoms with Crippen molar-refractivity contribution in [2.75, 3.05) is 13.2 Å². The first-order valence-corrected chi connectivity index (χ1v) is 37.2. The summed E-state index contributed by atoms with van der Waals surface area (Å²) in [5.74, 6) is -0.840. The number of carbonyl (C=O) groups excluding carboxylic acids is 3. The summed E-state index contributed by atoms with van der Waals surface area (Å²) >= 11 is 0. The molecule has 0 aliphatic rings. The summed E-state index contributed by atoms with van der Waals surface area (Å²) < 4.78 is 17.0. The summed E-state index contributed by atoms with van der Waals surface area (Å²) in [6.07, 6.45) is 85.6. The molecule has 81 heavy (non-hydrogen) atoms. The molecule has 0 heterocycles. The molecule has 0 fully saturated rings. The minimum atomic E-state index is -0.770. The minimum absolute atomic E-state index is 0.0657. The van der Waals surface area contributed by atoms with Gasteiger partial charge in [-0.15, -0.1) is 0 Å². The van der Waals surface area contributed by atoms with Gasteiger partial charge >= 0.3 is 17.9 Å². The Labute approximate surface area is 507 Å². The molecule has 1 unspecified atom stereocenters. The number of allylic oxidation sites excluding steroid dienone is 2. The van der Waals surface area contributed by atoms with Gasteiger partial charge in [-0.1, -0.05) is 386 Å². The largest absolute Gasteiger partial charge is 0.462 e. The zero-order valence-corrected chi connectivity index (χ0v) is 55.4. The molecule has 0 aromatic heterocycles. The minimum Gasteiger partial charge on any atom is -0.462 e. The molecule has 0 spiro atoms. The average molecular weight is 1140 g/mol. The molecular weight excluding hydrogens is 997 g/mol. The summed E-state index contributed by atoms with van der Waals surface area (Å²) in [5, 5.41) is 0. The summed E-state index contributed by atoms with van der Waals surface area (Å²) in [6.45, 7) is 6.69. The Kier molecular flexibility index (Phi) is 69.0. The topological polar surface area (TPSA) is 78.9 Å². The van der Waals surface area contributed by atoms with Crippen molar-refractivity contribution in [3.8, 4) is 0 Å². The number of hydrogen-bond acceptors (Lipinski definition) is 6. The van der Waals surface area contributed by atoms with E-state index in [-0.39, 0.29) is 31.1 Å². The van der Waals surface area contributed by atoms with E-state index >= 15 is 0 Å². The standard InChI is InChI=1S/C75H144O6/c1-4-7-10-13-16-19-22-24-26-28-30-32-34-36-37-39-40-42-44-46-48-50-53-56-59-62-65-68-74(77)80-71-72(70-79-73(76)67-64-61-58-55-52-21-18-15-12-9-6-3)81-75(78)69-66-63-60-57-54-51-49-47-45-43-41-38-35-33-31-29-27-25-23-20-17-14-11-8-5-2/h15,18,72H,4-14,16-17,19-71H2,1-3H3/b18-15-. The number of carbonyl (C=O) groups is 3. The molecule has 6 nitrogen and oxygen atoms in total. The first-order chi connectivity index (χ1) is 40.0. The molecule has 0 radical (unpaired) electrons. The third kappa shape index (κ3) is 68.8. The lowest BCUT2D eigenvalue weighted by Crippen LogP contribution is -2.30. The molecule has 0 aliphatic carbocycles. The Hall–Kier alpha value is -1.85. The summed E-state index contributed by atoms with van der Waals surface area (Å²) in [7, 11) is 0. The Balaban J connectivity index is 4.11. The SMILES string of the molecule is CCCC/C=C\CCCCCCCC(=O)OCC(COC(=O)CCCCCCCCCCCCCCCCCCCCCCCCCCCCC)OC(=O)CCCCCCCCCCCCCCCCCCCCCCCCCCC. The highest BCUT2D eigenvalue weighted by Gasteiger charge is 2.20. The third-order valence-electron chi connectivity index (χ3n) is 17.3. The second-order valence-electron chi connectivity index (χ2n) is 25.6. The van der Waals surface area contributed by atoms with Crippen LogP contribution in [0, 0.1) is 0 Å². The Morgan fingerprint density at radius 1 is 0.235 bits per heavy atom. The van der Waals surface area contributed by atoms with Gasteiger partial charge in [-0.05, 0) is 38.5 Å². The van der Waals surface area contributed by atoms with Gasteiger partial charge in [0.05, 0.1) is 0 Å². The second kappa shape index (κ2) is 70.6. The van der Waals surface area contributed by atoms with Gasteiger partial charge in [-0.25, -0.2) is 0 Å². The maximum atomic E-state index is 13.0. The van der Waals surface area contributed by atoms with Crippen molar-refractivity contribution in [2.24, 2.45) is 0 Å². The van der Waals surface area contributed by atoms with Crippen molar-refractivity contribution in [2.45, 2.75) is 438 Å². The van der Waals surface area contributed by atoms with Crippen molar-refractivity contribution >= 4 is 17.9 Å². The van der Waals surface area contributed by atoms with Crippen LogP contribution >= 0.6 is 0 Å². The van der Waals surface area contributed by atoms with Crippen LogP contribution in [-0.4, -0.2) is 37.2 Å². The lowest BCUT2D eigenvalue weighted by atomic mass is 10.0. The molecule has 0 saturated heterocycles. The van der Waals surface area contributed by atoms with Crippen molar-refractivity contribution < 1.29 is 28.6 Å². The summed E-state index contributed by atoms with van der Waals surface area (Å²) in [5.41, 5.74) is 0. The fraction of sp³-hybridized carbons (Fsp3) is 0.933. The van der Waals surface area contributed by atoms with Gasteiger partial charge in [0, 0.05) is 19.3 Å². The van der Waals surface area contributed by atoms with Crippen molar-refractivity contribution in [3.63, 3.8) is 0 Å². The maximum Gasteiger partial charge on any atom is 0.306 e. The van der Waals surface area contributed by atoms with E-state index in [9.17, 15) is 14.4 Å². The molecule has 0 amide bonds. The highest BCUT2D eigenvalue weighted by Crippen LogP contribution is 2.20. The van der Waals surface area contributed by atoms with Crippen LogP contribution in [0.2, 0.25) is 0 Å². The number of rotatable bonds is 70. The van der Waals surface area contributed by atoms with Crippen LogP contribution in [-0.2, 0) is 28.6 Å². The first-order valence-electron chi connectivity index (χ1n) is 37.2. The second-order valence-corrected chi connectivity index (χ2v) is 25.6. The predicted octanol–water partition coefficient (Wildman–Crippen LogP) is 25.6. The van der Waals surface area contributed by atoms with Gasteiger partial charge in [0.25, 0.3) is 0 Å². The first kappa shape index (κ1) is 79.2. The maximum absolute atomic E-state index is 13.0. The van der Waals surface area contributed by atoms with E-state index in [0.29, 0.717) is 19.3 Å². The normalized spacial score (nSPS) is 12.0. The molecule has 6 heteroatoms. The Morgan fingerprint density at radius 2 is 0.420 bits per heavy atom. The van der Waals surface area contributed by atoms with Gasteiger partial charge in [0.15, 0.2) is 6.10 Å². The smallest absolute Gasteiger partial charge is 0.306 e. The number of ether oxygens (including phenoxy) is 3. The molecular formula is C75H144O6. The molecule has 0 saturated carbocycles. The van der Waals surface area contributed by atoms with Gasteiger partial charge < -0.3 is 14.2 Å². The molecule has 0 bridgehead atoms. The zero-order valence-electron chi connectivity index (χ0n) is 55.4. The van der Waals surface area contributed by atoms with Gasteiger partial charge in [-0.3, -0.25) is 14.4 Å². The molecule has 0 aliphatic heterocycles. The number of unbranched alkanes of at least 4 members (excludes halogenated alkanes) is 57. The van der Waals surface area contributed by atoms with Crippen LogP contribution in [0.15, 0.2) is 12.2 Å². The average Bonchev–Trinajstić information content (AvgIpc) is 3.47. The van der Waals surface area contributed by atoms with Crippen LogP contribution in [0.5, 0.6) is 0 Å². The monoisotopic (exact) mass is 1140 g/mol.